The molecular weight excluding hydrogens is 405 g/mol. The molecule has 1 saturated heterocycles. The van der Waals surface area contributed by atoms with E-state index in [-0.39, 0.29) is 6.04 Å². The molecular formula is C23H25Cl2N3O. The molecule has 0 bridgehead atoms. The summed E-state index contributed by atoms with van der Waals surface area (Å²) in [6, 6.07) is 14.6. The Morgan fingerprint density at radius 3 is 2.41 bits per heavy atom. The molecule has 2 aromatic rings. The molecule has 0 aromatic heterocycles. The van der Waals surface area contributed by atoms with Crippen LogP contribution in [-0.2, 0) is 0 Å². The van der Waals surface area contributed by atoms with Gasteiger partial charge in [-0.05, 0) is 49.7 Å². The second-order valence-corrected chi connectivity index (χ2v) is 9.35. The van der Waals surface area contributed by atoms with E-state index in [9.17, 15) is 0 Å². The minimum Gasteiger partial charge on any atom is -0.466 e. The number of hydrazone groups is 1. The predicted octanol–water partition coefficient (Wildman–Crippen LogP) is 5.74. The number of benzene rings is 2. The quantitative estimate of drug-likeness (QED) is 0.609. The largest absolute Gasteiger partial charge is 0.466 e. The maximum Gasteiger partial charge on any atom is 0.200 e. The summed E-state index contributed by atoms with van der Waals surface area (Å²) in [4.78, 5) is 2.51. The van der Waals surface area contributed by atoms with E-state index in [1.165, 1.54) is 0 Å². The van der Waals surface area contributed by atoms with E-state index in [2.05, 4.69) is 23.8 Å². The Morgan fingerprint density at radius 2 is 1.72 bits per heavy atom. The number of piperidine rings is 1. The third-order valence-electron chi connectivity index (χ3n) is 6.45. The lowest BCUT2D eigenvalue weighted by Gasteiger charge is -2.51. The first kappa shape index (κ1) is 19.2. The summed E-state index contributed by atoms with van der Waals surface area (Å²) in [6.07, 6.45) is 2.70. The maximum absolute atomic E-state index is 6.67. The molecule has 0 unspecified atom stereocenters. The van der Waals surface area contributed by atoms with E-state index in [1.54, 1.807) is 0 Å². The molecule has 1 spiro atoms. The molecule has 0 amide bonds. The Bertz CT molecular complexity index is 949. The van der Waals surface area contributed by atoms with Crippen molar-refractivity contribution in [3.8, 4) is 5.75 Å². The number of hydrogen-bond acceptors (Lipinski definition) is 4. The Hall–Kier alpha value is -1.75. The number of fused-ring (bicyclic) bond motifs is 4. The van der Waals surface area contributed by atoms with E-state index >= 15 is 0 Å². The van der Waals surface area contributed by atoms with Crippen molar-refractivity contribution >= 4 is 28.9 Å². The van der Waals surface area contributed by atoms with Gasteiger partial charge in [0.05, 0.1) is 11.8 Å². The Labute approximate surface area is 182 Å². The van der Waals surface area contributed by atoms with Crippen LogP contribution in [0.15, 0.2) is 47.6 Å². The lowest BCUT2D eigenvalue weighted by atomic mass is 9.90. The fourth-order valence-corrected chi connectivity index (χ4v) is 5.10. The molecule has 4 nitrogen and oxygen atoms in total. The van der Waals surface area contributed by atoms with Gasteiger partial charge in [-0.15, -0.1) is 0 Å². The Kier molecular flexibility index (Phi) is 4.77. The molecule has 6 heteroatoms. The normalized spacial score (nSPS) is 23.0. The number of halogens is 2. The average molecular weight is 430 g/mol. The molecule has 2 aromatic carbocycles. The lowest BCUT2D eigenvalue weighted by molar-refractivity contribution is -0.152. The van der Waals surface area contributed by atoms with Crippen LogP contribution in [0.1, 0.15) is 50.3 Å². The molecule has 0 N–H and O–H groups in total. The first-order valence-electron chi connectivity index (χ1n) is 10.3. The molecule has 3 aliphatic rings. The van der Waals surface area contributed by atoms with Crippen molar-refractivity contribution in [2.75, 3.05) is 13.1 Å². The second kappa shape index (κ2) is 7.19. The topological polar surface area (TPSA) is 28.1 Å². The molecule has 0 aliphatic carbocycles. The van der Waals surface area contributed by atoms with Gasteiger partial charge in [-0.3, -0.25) is 0 Å². The molecule has 152 valence electrons. The van der Waals surface area contributed by atoms with Crippen LogP contribution in [0.3, 0.4) is 0 Å². The van der Waals surface area contributed by atoms with Gasteiger partial charge in [0.25, 0.3) is 0 Å². The van der Waals surface area contributed by atoms with E-state index in [0.29, 0.717) is 6.04 Å². The second-order valence-electron chi connectivity index (χ2n) is 8.48. The highest BCUT2D eigenvalue weighted by Crippen LogP contribution is 2.50. The average Bonchev–Trinajstić information content (AvgIpc) is 3.16. The smallest absolute Gasteiger partial charge is 0.200 e. The van der Waals surface area contributed by atoms with Gasteiger partial charge < -0.3 is 9.64 Å². The first-order chi connectivity index (χ1) is 13.9. The van der Waals surface area contributed by atoms with Gasteiger partial charge in [0, 0.05) is 54.0 Å². The van der Waals surface area contributed by atoms with E-state index in [4.69, 9.17) is 33.0 Å². The standard InChI is InChI=1S/C23H25Cl2N3O/c1-15(2)27-11-9-23(10-12-27)28-21(19-13-18(25)7-8-22(19)29-23)14-20(26-28)16-3-5-17(24)6-4-16/h3-8,13,15,21H,9-12,14H2,1-2H3/t21-/m0/s1. The van der Waals surface area contributed by atoms with Crippen LogP contribution in [0.5, 0.6) is 5.75 Å². The molecule has 3 aliphatic heterocycles. The summed E-state index contributed by atoms with van der Waals surface area (Å²) < 4.78 is 6.67. The van der Waals surface area contributed by atoms with Crippen molar-refractivity contribution in [2.24, 2.45) is 5.10 Å². The van der Waals surface area contributed by atoms with Crippen LogP contribution in [0.4, 0.5) is 0 Å². The highest BCUT2D eigenvalue weighted by molar-refractivity contribution is 6.31. The summed E-state index contributed by atoms with van der Waals surface area (Å²) in [5.74, 6) is 0.946. The Balaban J connectivity index is 1.54. The number of rotatable bonds is 2. The number of ether oxygens (including phenoxy) is 1. The van der Waals surface area contributed by atoms with Crippen molar-refractivity contribution in [3.05, 3.63) is 63.6 Å². The van der Waals surface area contributed by atoms with Gasteiger partial charge >= 0.3 is 0 Å². The number of hydrogen-bond donors (Lipinski definition) is 0. The summed E-state index contributed by atoms with van der Waals surface area (Å²) in [5, 5.41) is 8.81. The number of likely N-dealkylation sites (tertiary alicyclic amines) is 1. The van der Waals surface area contributed by atoms with Crippen LogP contribution in [0.2, 0.25) is 10.0 Å². The molecule has 5 rings (SSSR count). The highest BCUT2D eigenvalue weighted by Gasteiger charge is 2.52. The molecule has 0 saturated carbocycles. The molecule has 0 radical (unpaired) electrons. The molecule has 29 heavy (non-hydrogen) atoms. The molecule has 1 atom stereocenters. The highest BCUT2D eigenvalue weighted by atomic mass is 35.5. The number of nitrogens with zero attached hydrogens (tertiary/aromatic N) is 3. The van der Waals surface area contributed by atoms with E-state index < -0.39 is 5.72 Å². The lowest BCUT2D eigenvalue weighted by Crippen LogP contribution is -2.59. The zero-order chi connectivity index (χ0) is 20.2. The molecule has 1 fully saturated rings. The van der Waals surface area contributed by atoms with Crippen molar-refractivity contribution in [1.82, 2.24) is 9.91 Å². The third kappa shape index (κ3) is 3.31. The Morgan fingerprint density at radius 1 is 1.03 bits per heavy atom. The van der Waals surface area contributed by atoms with Crippen molar-refractivity contribution in [1.29, 1.82) is 0 Å². The zero-order valence-electron chi connectivity index (χ0n) is 16.7. The van der Waals surface area contributed by atoms with Gasteiger partial charge in [0.1, 0.15) is 5.75 Å². The van der Waals surface area contributed by atoms with Crippen molar-refractivity contribution in [2.45, 2.75) is 50.9 Å². The maximum atomic E-state index is 6.67. The third-order valence-corrected chi connectivity index (χ3v) is 6.93. The van der Waals surface area contributed by atoms with Gasteiger partial charge in [0.15, 0.2) is 0 Å². The van der Waals surface area contributed by atoms with Gasteiger partial charge in [-0.25, -0.2) is 5.01 Å². The fourth-order valence-electron chi connectivity index (χ4n) is 4.79. The predicted molar refractivity (Wildman–Crippen MR) is 118 cm³/mol. The molecule has 3 heterocycles. The van der Waals surface area contributed by atoms with Crippen LogP contribution >= 0.6 is 23.2 Å². The summed E-state index contributed by atoms with van der Waals surface area (Å²) in [6.45, 7) is 6.53. The van der Waals surface area contributed by atoms with Crippen LogP contribution in [0.25, 0.3) is 0 Å². The summed E-state index contributed by atoms with van der Waals surface area (Å²) in [5.41, 5.74) is 2.92. The summed E-state index contributed by atoms with van der Waals surface area (Å²) in [7, 11) is 0. The zero-order valence-corrected chi connectivity index (χ0v) is 18.2. The van der Waals surface area contributed by atoms with Gasteiger partial charge in [-0.2, -0.15) is 5.10 Å². The monoisotopic (exact) mass is 429 g/mol. The minimum atomic E-state index is -0.398. The first-order valence-corrected chi connectivity index (χ1v) is 11.1. The van der Waals surface area contributed by atoms with E-state index in [1.807, 2.05) is 42.5 Å². The fraction of sp³-hybridized carbons (Fsp3) is 0.435. The SMILES string of the molecule is CC(C)N1CCC2(CC1)Oc1ccc(Cl)cc1[C@@H]1CC(c3ccc(Cl)cc3)=NN12. The summed E-state index contributed by atoms with van der Waals surface area (Å²) >= 11 is 12.4. The van der Waals surface area contributed by atoms with Crippen LogP contribution < -0.4 is 4.74 Å². The van der Waals surface area contributed by atoms with Crippen LogP contribution in [-0.4, -0.2) is 40.5 Å². The van der Waals surface area contributed by atoms with Crippen LogP contribution in [0, 0.1) is 0 Å². The van der Waals surface area contributed by atoms with Crippen molar-refractivity contribution in [3.63, 3.8) is 0 Å². The van der Waals surface area contributed by atoms with Crippen molar-refractivity contribution < 1.29 is 4.74 Å². The van der Waals surface area contributed by atoms with Gasteiger partial charge in [0.2, 0.25) is 5.72 Å². The van der Waals surface area contributed by atoms with Gasteiger partial charge in [-0.1, -0.05) is 35.3 Å². The van der Waals surface area contributed by atoms with E-state index in [0.717, 1.165) is 65.0 Å². The minimum absolute atomic E-state index is 0.147.